The molecule has 0 aromatic heterocycles. The Kier molecular flexibility index (Phi) is 1.99. The van der Waals surface area contributed by atoms with Gasteiger partial charge in [-0.05, 0) is 49.4 Å². The minimum absolute atomic E-state index is 0.686. The molecule has 1 saturated heterocycles. The van der Waals surface area contributed by atoms with Gasteiger partial charge < -0.3 is 10.6 Å². The van der Waals surface area contributed by atoms with Crippen molar-refractivity contribution in [2.75, 3.05) is 18.0 Å². The first-order valence-electron chi connectivity index (χ1n) is 5.86. The fourth-order valence-electron chi connectivity index (χ4n) is 3.20. The summed E-state index contributed by atoms with van der Waals surface area (Å²) in [7, 11) is 0. The third kappa shape index (κ3) is 1.21. The number of rotatable bonds is 1. The maximum atomic E-state index is 5.84. The van der Waals surface area contributed by atoms with Crippen LogP contribution in [0.1, 0.15) is 17.5 Å². The van der Waals surface area contributed by atoms with Crippen LogP contribution in [0.25, 0.3) is 0 Å². The highest BCUT2D eigenvalue weighted by Crippen LogP contribution is 2.41. The number of benzene rings is 1. The van der Waals surface area contributed by atoms with E-state index in [-0.39, 0.29) is 0 Å². The SMILES string of the molecule is Cc1cccc2c1CC1C(CN)CCN21. The van der Waals surface area contributed by atoms with Gasteiger partial charge in [0.1, 0.15) is 0 Å². The molecule has 2 N–H and O–H groups in total. The van der Waals surface area contributed by atoms with Crippen LogP contribution >= 0.6 is 0 Å². The molecule has 2 nitrogen and oxygen atoms in total. The molecule has 2 heteroatoms. The smallest absolute Gasteiger partial charge is 0.0404 e. The number of nitrogens with zero attached hydrogens (tertiary/aromatic N) is 1. The minimum atomic E-state index is 0.686. The summed E-state index contributed by atoms with van der Waals surface area (Å²) >= 11 is 0. The minimum Gasteiger partial charge on any atom is -0.368 e. The molecule has 80 valence electrons. The highest BCUT2D eigenvalue weighted by Gasteiger charge is 2.39. The van der Waals surface area contributed by atoms with Crippen LogP contribution in [0.5, 0.6) is 0 Å². The molecule has 3 rings (SSSR count). The van der Waals surface area contributed by atoms with Gasteiger partial charge in [0.2, 0.25) is 0 Å². The molecule has 0 saturated carbocycles. The standard InChI is InChI=1S/C13H18N2/c1-9-3-2-4-12-11(9)7-13-10(8-14)5-6-15(12)13/h2-4,10,13H,5-8,14H2,1H3. The Morgan fingerprint density at radius 3 is 3.13 bits per heavy atom. The molecule has 15 heavy (non-hydrogen) atoms. The van der Waals surface area contributed by atoms with Crippen LogP contribution in [0.2, 0.25) is 0 Å². The van der Waals surface area contributed by atoms with Crippen molar-refractivity contribution in [3.05, 3.63) is 29.3 Å². The fourth-order valence-corrected chi connectivity index (χ4v) is 3.20. The van der Waals surface area contributed by atoms with E-state index in [1.807, 2.05) is 0 Å². The van der Waals surface area contributed by atoms with Gasteiger partial charge in [-0.3, -0.25) is 0 Å². The van der Waals surface area contributed by atoms with Crippen LogP contribution < -0.4 is 10.6 Å². The second kappa shape index (κ2) is 3.24. The number of hydrogen-bond acceptors (Lipinski definition) is 2. The van der Waals surface area contributed by atoms with Gasteiger partial charge in [0, 0.05) is 18.3 Å². The monoisotopic (exact) mass is 202 g/mol. The maximum absolute atomic E-state index is 5.84. The average Bonchev–Trinajstić information content (AvgIpc) is 2.77. The fraction of sp³-hybridized carbons (Fsp3) is 0.538. The van der Waals surface area contributed by atoms with Crippen molar-refractivity contribution in [1.29, 1.82) is 0 Å². The molecule has 0 radical (unpaired) electrons. The quantitative estimate of drug-likeness (QED) is 0.751. The van der Waals surface area contributed by atoms with E-state index in [9.17, 15) is 0 Å². The molecule has 0 aliphatic carbocycles. The lowest BCUT2D eigenvalue weighted by Gasteiger charge is -2.21. The normalized spacial score (nSPS) is 28.0. The van der Waals surface area contributed by atoms with Crippen molar-refractivity contribution in [3.8, 4) is 0 Å². The van der Waals surface area contributed by atoms with Gasteiger partial charge in [-0.1, -0.05) is 12.1 Å². The second-order valence-electron chi connectivity index (χ2n) is 4.82. The number of anilines is 1. The lowest BCUT2D eigenvalue weighted by Crippen LogP contribution is -2.32. The lowest BCUT2D eigenvalue weighted by molar-refractivity contribution is 0.490. The summed E-state index contributed by atoms with van der Waals surface area (Å²) in [5, 5.41) is 0. The van der Waals surface area contributed by atoms with E-state index in [4.69, 9.17) is 5.73 Å². The molecule has 1 fully saturated rings. The van der Waals surface area contributed by atoms with Gasteiger partial charge in [0.15, 0.2) is 0 Å². The van der Waals surface area contributed by atoms with Crippen molar-refractivity contribution in [2.24, 2.45) is 11.7 Å². The largest absolute Gasteiger partial charge is 0.368 e. The summed E-state index contributed by atoms with van der Waals surface area (Å²) in [5.41, 5.74) is 10.3. The van der Waals surface area contributed by atoms with Crippen molar-refractivity contribution >= 4 is 5.69 Å². The van der Waals surface area contributed by atoms with Crippen molar-refractivity contribution in [3.63, 3.8) is 0 Å². The number of hydrogen-bond donors (Lipinski definition) is 1. The van der Waals surface area contributed by atoms with Crippen LogP contribution in [-0.4, -0.2) is 19.1 Å². The summed E-state index contributed by atoms with van der Waals surface area (Å²) < 4.78 is 0. The van der Waals surface area contributed by atoms with E-state index in [1.54, 1.807) is 5.56 Å². The first-order valence-corrected chi connectivity index (χ1v) is 5.86. The average molecular weight is 202 g/mol. The molecular formula is C13H18N2. The van der Waals surface area contributed by atoms with Gasteiger partial charge >= 0.3 is 0 Å². The third-order valence-corrected chi connectivity index (χ3v) is 4.10. The Morgan fingerprint density at radius 1 is 1.47 bits per heavy atom. The third-order valence-electron chi connectivity index (χ3n) is 4.10. The summed E-state index contributed by atoms with van der Waals surface area (Å²) in [6.45, 7) is 4.26. The zero-order valence-corrected chi connectivity index (χ0v) is 9.24. The molecule has 0 bridgehead atoms. The molecule has 2 heterocycles. The molecule has 0 amide bonds. The first-order chi connectivity index (χ1) is 7.31. The summed E-state index contributed by atoms with van der Waals surface area (Å²) in [6.07, 6.45) is 2.48. The van der Waals surface area contributed by atoms with E-state index < -0.39 is 0 Å². The van der Waals surface area contributed by atoms with E-state index in [1.165, 1.54) is 30.6 Å². The van der Waals surface area contributed by atoms with Crippen molar-refractivity contribution < 1.29 is 0 Å². The zero-order valence-electron chi connectivity index (χ0n) is 9.24. The van der Waals surface area contributed by atoms with E-state index >= 15 is 0 Å². The molecule has 2 atom stereocenters. The van der Waals surface area contributed by atoms with E-state index in [2.05, 4.69) is 30.0 Å². The van der Waals surface area contributed by atoms with Crippen LogP contribution in [-0.2, 0) is 6.42 Å². The first kappa shape index (κ1) is 9.22. The molecule has 1 aromatic rings. The topological polar surface area (TPSA) is 29.3 Å². The molecule has 2 aliphatic rings. The van der Waals surface area contributed by atoms with Crippen LogP contribution in [0.15, 0.2) is 18.2 Å². The Bertz CT molecular complexity index is 386. The van der Waals surface area contributed by atoms with E-state index in [0.717, 1.165) is 6.54 Å². The summed E-state index contributed by atoms with van der Waals surface area (Å²) in [4.78, 5) is 2.57. The maximum Gasteiger partial charge on any atom is 0.0404 e. The number of fused-ring (bicyclic) bond motifs is 3. The predicted molar refractivity (Wildman–Crippen MR) is 63.2 cm³/mol. The summed E-state index contributed by atoms with van der Waals surface area (Å²) in [5.74, 6) is 0.705. The van der Waals surface area contributed by atoms with Crippen LogP contribution in [0, 0.1) is 12.8 Å². The lowest BCUT2D eigenvalue weighted by atomic mass is 9.95. The van der Waals surface area contributed by atoms with E-state index in [0.29, 0.717) is 12.0 Å². The Morgan fingerprint density at radius 2 is 2.33 bits per heavy atom. The molecule has 2 unspecified atom stereocenters. The Labute approximate surface area is 91.1 Å². The highest BCUT2D eigenvalue weighted by atomic mass is 15.2. The van der Waals surface area contributed by atoms with Gasteiger partial charge in [-0.15, -0.1) is 0 Å². The predicted octanol–water partition coefficient (Wildman–Crippen LogP) is 1.70. The molecule has 2 aliphatic heterocycles. The highest BCUT2D eigenvalue weighted by molar-refractivity contribution is 5.63. The van der Waals surface area contributed by atoms with Crippen molar-refractivity contribution in [1.82, 2.24) is 0 Å². The number of nitrogens with two attached hydrogens (primary N) is 1. The zero-order chi connectivity index (χ0) is 10.4. The Hall–Kier alpha value is -1.02. The van der Waals surface area contributed by atoms with Gasteiger partial charge in [-0.2, -0.15) is 0 Å². The van der Waals surface area contributed by atoms with Crippen molar-refractivity contribution in [2.45, 2.75) is 25.8 Å². The second-order valence-corrected chi connectivity index (χ2v) is 4.82. The Balaban J connectivity index is 2.01. The molecule has 0 spiro atoms. The van der Waals surface area contributed by atoms with Gasteiger partial charge in [0.05, 0.1) is 0 Å². The molecule has 1 aromatic carbocycles. The molecular weight excluding hydrogens is 184 g/mol. The van der Waals surface area contributed by atoms with Crippen LogP contribution in [0.3, 0.4) is 0 Å². The van der Waals surface area contributed by atoms with Crippen LogP contribution in [0.4, 0.5) is 5.69 Å². The van der Waals surface area contributed by atoms with Gasteiger partial charge in [0.25, 0.3) is 0 Å². The number of aryl methyl sites for hydroxylation is 1. The van der Waals surface area contributed by atoms with Gasteiger partial charge in [-0.25, -0.2) is 0 Å². The summed E-state index contributed by atoms with van der Waals surface area (Å²) in [6, 6.07) is 7.34.